The molecule has 2 aromatic carbocycles. The second-order valence-electron chi connectivity index (χ2n) is 10.6. The van der Waals surface area contributed by atoms with E-state index in [0.29, 0.717) is 31.7 Å². The van der Waals surface area contributed by atoms with Gasteiger partial charge in [-0.05, 0) is 58.4 Å². The molecule has 1 unspecified atom stereocenters. The van der Waals surface area contributed by atoms with Gasteiger partial charge in [0.05, 0.1) is 27.7 Å². The summed E-state index contributed by atoms with van der Waals surface area (Å²) in [5.74, 6) is -0.505. The van der Waals surface area contributed by atoms with Gasteiger partial charge in [-0.3, -0.25) is 19.6 Å². The van der Waals surface area contributed by atoms with E-state index < -0.39 is 39.1 Å². The summed E-state index contributed by atoms with van der Waals surface area (Å²) in [6, 6.07) is 8.67. The summed E-state index contributed by atoms with van der Waals surface area (Å²) in [6.45, 7) is 2.83. The Morgan fingerprint density at radius 2 is 1.76 bits per heavy atom. The van der Waals surface area contributed by atoms with Crippen molar-refractivity contribution in [2.45, 2.75) is 35.3 Å². The molecule has 2 heterocycles. The molecule has 1 atom stereocenters. The summed E-state index contributed by atoms with van der Waals surface area (Å²) in [5.41, 5.74) is -1.96. The zero-order chi connectivity index (χ0) is 33.6. The van der Waals surface area contributed by atoms with Gasteiger partial charge in [-0.25, -0.2) is 4.79 Å². The van der Waals surface area contributed by atoms with Crippen LogP contribution in [0, 0.1) is 20.2 Å². The van der Waals surface area contributed by atoms with E-state index in [0.717, 1.165) is 30.1 Å². The van der Waals surface area contributed by atoms with E-state index in [1.54, 1.807) is 6.08 Å². The zero-order valence-electron chi connectivity index (χ0n) is 24.2. The van der Waals surface area contributed by atoms with Crippen molar-refractivity contribution in [3.8, 4) is 0 Å². The third-order valence-electron chi connectivity index (χ3n) is 6.81. The van der Waals surface area contributed by atoms with Crippen molar-refractivity contribution >= 4 is 47.0 Å². The number of ether oxygens (including phenoxy) is 1. The molecule has 46 heavy (non-hydrogen) atoms. The maximum Gasteiger partial charge on any atom is 0.416 e. The number of hydrogen-bond donors (Lipinski definition) is 1. The Kier molecular flexibility index (Phi) is 10.9. The Bertz CT molecular complexity index is 1610. The number of nitrogens with zero attached hydrogens (tertiary/aromatic N) is 6. The highest BCUT2D eigenvalue weighted by atomic mass is 35.5. The quantitative estimate of drug-likeness (QED) is 0.195. The molecule has 1 N–H and O–H groups in total. The minimum atomic E-state index is -4.42. The van der Waals surface area contributed by atoms with Crippen molar-refractivity contribution in [2.24, 2.45) is 0 Å². The summed E-state index contributed by atoms with van der Waals surface area (Å²) in [4.78, 5) is 41.6. The lowest BCUT2D eigenvalue weighted by Gasteiger charge is -2.37. The van der Waals surface area contributed by atoms with Crippen molar-refractivity contribution < 1.29 is 37.7 Å². The van der Waals surface area contributed by atoms with Gasteiger partial charge in [-0.2, -0.15) is 13.2 Å². The molecule has 0 radical (unpaired) electrons. The number of carbonyl (C=O) groups excluding carboxylic acids is 1. The van der Waals surface area contributed by atoms with Crippen molar-refractivity contribution in [3.63, 3.8) is 0 Å². The van der Waals surface area contributed by atoms with E-state index in [2.05, 4.69) is 4.98 Å². The van der Waals surface area contributed by atoms with Crippen LogP contribution in [0.15, 0.2) is 64.8 Å². The lowest BCUT2D eigenvalue weighted by molar-refractivity contribution is -0.389. The van der Waals surface area contributed by atoms with Crippen LogP contribution in [0.2, 0.25) is 5.02 Å². The SMILES string of the molecule is CC(O)(CN1CCN(C(=O)OCC=Cc2ccc(C(F)(F)F)cc2)CC1)Cn1cc([N+](=O)[O-])nc1Sc1c(Cl)cccc1[N+](=O)[O-]. The smallest absolute Gasteiger partial charge is 0.416 e. The lowest BCUT2D eigenvalue weighted by atomic mass is 10.1. The fourth-order valence-corrected chi connectivity index (χ4v) is 5.92. The molecular formula is C28H28ClF3N6O7S. The van der Waals surface area contributed by atoms with Crippen LogP contribution in [0.25, 0.3) is 6.08 Å². The third-order valence-corrected chi connectivity index (χ3v) is 8.38. The number of rotatable bonds is 11. The fourth-order valence-electron chi connectivity index (χ4n) is 4.67. The number of hydrogen-bond acceptors (Lipinski definition) is 10. The molecule has 3 aromatic rings. The number of halogens is 4. The number of aromatic nitrogens is 2. The van der Waals surface area contributed by atoms with E-state index in [-0.39, 0.29) is 40.5 Å². The van der Waals surface area contributed by atoms with Crippen molar-refractivity contribution in [2.75, 3.05) is 39.3 Å². The van der Waals surface area contributed by atoms with Crippen LogP contribution < -0.4 is 0 Å². The number of alkyl halides is 3. The first-order valence-electron chi connectivity index (χ1n) is 13.7. The molecule has 0 spiro atoms. The third kappa shape index (κ3) is 9.18. The molecule has 1 aromatic heterocycles. The number of piperazine rings is 1. The molecule has 0 aliphatic carbocycles. The molecule has 1 aliphatic rings. The van der Waals surface area contributed by atoms with Crippen molar-refractivity contribution in [3.05, 3.63) is 91.1 Å². The molecule has 0 bridgehead atoms. The van der Waals surface area contributed by atoms with Crippen LogP contribution in [0.5, 0.6) is 0 Å². The molecule has 1 aliphatic heterocycles. The first-order valence-corrected chi connectivity index (χ1v) is 14.8. The monoisotopic (exact) mass is 684 g/mol. The minimum absolute atomic E-state index is 0.0307. The maximum atomic E-state index is 12.7. The number of nitro benzene ring substituents is 1. The van der Waals surface area contributed by atoms with E-state index in [1.807, 2.05) is 4.90 Å². The van der Waals surface area contributed by atoms with Crippen LogP contribution >= 0.6 is 23.4 Å². The standard InChI is InChI=1S/C28H28ClF3N6O7S/c1-27(40,18-36-16-23(38(43)44)33-25(36)46-24-21(29)5-2-6-22(24)37(41)42)17-34-11-13-35(14-12-34)26(39)45-15-3-4-19-7-9-20(10-8-19)28(30,31)32/h2-10,16,40H,11-15,17-18H2,1H3. The number of nitro groups is 2. The number of aliphatic hydroxyl groups is 1. The van der Waals surface area contributed by atoms with E-state index >= 15 is 0 Å². The molecule has 13 nitrogen and oxygen atoms in total. The minimum Gasteiger partial charge on any atom is -0.445 e. The molecule has 4 rings (SSSR count). The van der Waals surface area contributed by atoms with Gasteiger partial charge in [0.25, 0.3) is 10.8 Å². The molecule has 246 valence electrons. The number of benzene rings is 2. The predicted octanol–water partition coefficient (Wildman–Crippen LogP) is 5.74. The van der Waals surface area contributed by atoms with Crippen LogP contribution in [0.3, 0.4) is 0 Å². The van der Waals surface area contributed by atoms with E-state index in [4.69, 9.17) is 16.3 Å². The summed E-state index contributed by atoms with van der Waals surface area (Å²) in [7, 11) is 0. The number of carbonyl (C=O) groups is 1. The van der Waals surface area contributed by atoms with Crippen LogP contribution in [-0.4, -0.2) is 85.3 Å². The van der Waals surface area contributed by atoms with Gasteiger partial charge < -0.3 is 24.9 Å². The highest BCUT2D eigenvalue weighted by Crippen LogP contribution is 2.40. The van der Waals surface area contributed by atoms with Crippen LogP contribution in [0.4, 0.5) is 29.5 Å². The van der Waals surface area contributed by atoms with Gasteiger partial charge in [0.2, 0.25) is 0 Å². The Balaban J connectivity index is 1.30. The summed E-state index contributed by atoms with van der Waals surface area (Å²) >= 11 is 6.97. The molecule has 18 heteroatoms. The number of imidazole rings is 1. The second-order valence-corrected chi connectivity index (χ2v) is 12.0. The Morgan fingerprint density at radius 3 is 2.37 bits per heavy atom. The summed E-state index contributed by atoms with van der Waals surface area (Å²) < 4.78 is 44.7. The predicted molar refractivity (Wildman–Crippen MR) is 162 cm³/mol. The average Bonchev–Trinajstić information content (AvgIpc) is 3.37. The molecular weight excluding hydrogens is 657 g/mol. The fraction of sp³-hybridized carbons (Fsp3) is 0.357. The van der Waals surface area contributed by atoms with Crippen molar-refractivity contribution in [1.82, 2.24) is 19.4 Å². The van der Waals surface area contributed by atoms with Crippen LogP contribution in [0.1, 0.15) is 18.1 Å². The summed E-state index contributed by atoms with van der Waals surface area (Å²) in [5, 5.41) is 34.3. The lowest BCUT2D eigenvalue weighted by Crippen LogP contribution is -2.53. The van der Waals surface area contributed by atoms with E-state index in [1.165, 1.54) is 52.8 Å². The summed E-state index contributed by atoms with van der Waals surface area (Å²) in [6.07, 6.45) is -0.787. The normalized spacial score (nSPS) is 15.6. The van der Waals surface area contributed by atoms with Crippen LogP contribution in [-0.2, 0) is 17.5 Å². The zero-order valence-corrected chi connectivity index (χ0v) is 25.8. The highest BCUT2D eigenvalue weighted by molar-refractivity contribution is 7.99. The van der Waals surface area contributed by atoms with E-state index in [9.17, 15) is 43.3 Å². The molecule has 1 fully saturated rings. The maximum absolute atomic E-state index is 12.7. The molecule has 1 saturated heterocycles. The average molecular weight is 685 g/mol. The number of β-amino-alcohol motifs (C(OH)–C–C–N with tert-alkyl or cyclic N) is 1. The number of amides is 1. The van der Waals surface area contributed by atoms with Gasteiger partial charge in [-0.15, -0.1) is 0 Å². The molecule has 0 saturated carbocycles. The van der Waals surface area contributed by atoms with Crippen molar-refractivity contribution in [1.29, 1.82) is 0 Å². The molecule has 1 amide bonds. The van der Waals surface area contributed by atoms with Gasteiger partial charge in [0, 0.05) is 38.8 Å². The van der Waals surface area contributed by atoms with Gasteiger partial charge in [0.15, 0.2) is 0 Å². The second kappa shape index (κ2) is 14.5. The Morgan fingerprint density at radius 1 is 1.09 bits per heavy atom. The largest absolute Gasteiger partial charge is 0.445 e. The van der Waals surface area contributed by atoms with Gasteiger partial charge >= 0.3 is 18.1 Å². The first kappa shape index (κ1) is 34.7. The van der Waals surface area contributed by atoms with Gasteiger partial charge in [-0.1, -0.05) is 35.9 Å². The Labute approximate surface area is 269 Å². The van der Waals surface area contributed by atoms with Gasteiger partial charge in [0.1, 0.15) is 17.7 Å². The topological polar surface area (TPSA) is 157 Å². The Hall–Kier alpha value is -4.19. The first-order chi connectivity index (χ1) is 21.6. The highest BCUT2D eigenvalue weighted by Gasteiger charge is 2.33.